The molecule has 1 N–H and O–H groups in total. The van der Waals surface area contributed by atoms with Crippen molar-refractivity contribution in [3.8, 4) is 6.07 Å². The van der Waals surface area contributed by atoms with Crippen LogP contribution in [0.15, 0.2) is 18.2 Å². The first-order valence-corrected chi connectivity index (χ1v) is 6.19. The number of aliphatic carboxylic acids is 1. The molecular formula is C13H13N3O4. The number of carboxylic acid groups (broad SMARTS) is 1. The zero-order valence-electron chi connectivity index (χ0n) is 10.7. The largest absolute Gasteiger partial charge is 0.481 e. The smallest absolute Gasteiger partial charge is 0.306 e. The van der Waals surface area contributed by atoms with Gasteiger partial charge in [-0.3, -0.25) is 14.9 Å². The molecule has 0 aromatic heterocycles. The van der Waals surface area contributed by atoms with Gasteiger partial charge in [0.25, 0.3) is 5.69 Å². The minimum Gasteiger partial charge on any atom is -0.481 e. The van der Waals surface area contributed by atoms with Crippen molar-refractivity contribution in [2.24, 2.45) is 5.92 Å². The molecule has 0 atom stereocenters. The molecule has 0 spiro atoms. The van der Waals surface area contributed by atoms with E-state index in [0.29, 0.717) is 25.9 Å². The quantitative estimate of drug-likeness (QED) is 0.665. The Kier molecular flexibility index (Phi) is 3.84. The number of hydrogen-bond acceptors (Lipinski definition) is 5. The zero-order chi connectivity index (χ0) is 14.7. The molecule has 1 fully saturated rings. The van der Waals surface area contributed by atoms with Crippen LogP contribution < -0.4 is 4.90 Å². The lowest BCUT2D eigenvalue weighted by Gasteiger charge is -2.31. The Morgan fingerprint density at radius 1 is 1.45 bits per heavy atom. The van der Waals surface area contributed by atoms with Crippen LogP contribution in [0, 0.1) is 27.4 Å². The normalized spacial score (nSPS) is 15.7. The topological polar surface area (TPSA) is 107 Å². The van der Waals surface area contributed by atoms with E-state index in [-0.39, 0.29) is 17.2 Å². The summed E-state index contributed by atoms with van der Waals surface area (Å²) in [6, 6.07) is 6.22. The molecule has 0 bridgehead atoms. The van der Waals surface area contributed by atoms with Crippen LogP contribution in [0.25, 0.3) is 0 Å². The van der Waals surface area contributed by atoms with E-state index in [1.807, 2.05) is 11.0 Å². The van der Waals surface area contributed by atoms with Crippen molar-refractivity contribution < 1.29 is 14.8 Å². The van der Waals surface area contributed by atoms with Gasteiger partial charge in [0.2, 0.25) is 0 Å². The second kappa shape index (κ2) is 5.57. The number of nitrogens with zero attached hydrogens (tertiary/aromatic N) is 3. The van der Waals surface area contributed by atoms with Gasteiger partial charge < -0.3 is 10.0 Å². The number of carbonyl (C=O) groups is 1. The summed E-state index contributed by atoms with van der Waals surface area (Å²) in [5.74, 6) is -1.12. The Hall–Kier alpha value is -2.62. The summed E-state index contributed by atoms with van der Waals surface area (Å²) < 4.78 is 0. The van der Waals surface area contributed by atoms with E-state index >= 15 is 0 Å². The molecule has 1 saturated heterocycles. The Morgan fingerprint density at radius 3 is 2.60 bits per heavy atom. The van der Waals surface area contributed by atoms with E-state index in [4.69, 9.17) is 10.4 Å². The number of rotatable bonds is 3. The van der Waals surface area contributed by atoms with Gasteiger partial charge in [0.1, 0.15) is 11.6 Å². The van der Waals surface area contributed by atoms with Gasteiger partial charge in [-0.1, -0.05) is 0 Å². The van der Waals surface area contributed by atoms with Crippen molar-refractivity contribution >= 4 is 17.3 Å². The second-order valence-electron chi connectivity index (χ2n) is 4.67. The fourth-order valence-corrected chi connectivity index (χ4v) is 2.35. The molecule has 1 aliphatic heterocycles. The van der Waals surface area contributed by atoms with E-state index in [2.05, 4.69) is 0 Å². The lowest BCUT2D eigenvalue weighted by Crippen LogP contribution is -2.36. The number of nitro groups is 1. The highest BCUT2D eigenvalue weighted by Crippen LogP contribution is 2.28. The van der Waals surface area contributed by atoms with E-state index in [0.717, 1.165) is 5.69 Å². The van der Waals surface area contributed by atoms with E-state index < -0.39 is 10.9 Å². The number of carboxylic acids is 1. The van der Waals surface area contributed by atoms with Gasteiger partial charge >= 0.3 is 5.97 Å². The van der Waals surface area contributed by atoms with Crippen molar-refractivity contribution in [2.75, 3.05) is 18.0 Å². The van der Waals surface area contributed by atoms with Gasteiger partial charge in [0, 0.05) is 24.8 Å². The number of piperidine rings is 1. The van der Waals surface area contributed by atoms with Crippen LogP contribution in [0.4, 0.5) is 11.4 Å². The third-order valence-electron chi connectivity index (χ3n) is 3.51. The fraction of sp³-hybridized carbons (Fsp3) is 0.385. The first-order chi connectivity index (χ1) is 9.52. The van der Waals surface area contributed by atoms with E-state index in [9.17, 15) is 14.9 Å². The van der Waals surface area contributed by atoms with Crippen molar-refractivity contribution in [3.63, 3.8) is 0 Å². The van der Waals surface area contributed by atoms with Crippen LogP contribution in [0.2, 0.25) is 0 Å². The molecular weight excluding hydrogens is 262 g/mol. The summed E-state index contributed by atoms with van der Waals surface area (Å²) in [6.07, 6.45) is 1.07. The minimum atomic E-state index is -0.786. The highest BCUT2D eigenvalue weighted by atomic mass is 16.6. The summed E-state index contributed by atoms with van der Waals surface area (Å²) in [5.41, 5.74) is 0.528. The van der Waals surface area contributed by atoms with Crippen LogP contribution in [-0.4, -0.2) is 29.1 Å². The predicted octanol–water partition coefficient (Wildman–Crippen LogP) is 1.77. The van der Waals surface area contributed by atoms with E-state index in [1.165, 1.54) is 12.1 Å². The average Bonchev–Trinajstić information content (AvgIpc) is 2.46. The Bertz CT molecular complexity index is 586. The van der Waals surface area contributed by atoms with Crippen LogP contribution in [0.3, 0.4) is 0 Å². The molecule has 104 valence electrons. The highest BCUT2D eigenvalue weighted by Gasteiger charge is 2.25. The lowest BCUT2D eigenvalue weighted by atomic mass is 9.96. The first-order valence-electron chi connectivity index (χ1n) is 6.19. The van der Waals surface area contributed by atoms with Crippen molar-refractivity contribution in [1.29, 1.82) is 5.26 Å². The average molecular weight is 275 g/mol. The van der Waals surface area contributed by atoms with Gasteiger partial charge in [-0.2, -0.15) is 5.26 Å². The van der Waals surface area contributed by atoms with Crippen LogP contribution in [-0.2, 0) is 4.79 Å². The Morgan fingerprint density at radius 2 is 2.10 bits per heavy atom. The summed E-state index contributed by atoms with van der Waals surface area (Å²) in [4.78, 5) is 23.0. The third kappa shape index (κ3) is 2.69. The Balaban J connectivity index is 2.17. The molecule has 0 aliphatic carbocycles. The SMILES string of the molecule is N#Cc1cc(N2CCC(C(=O)O)CC2)ccc1[N+](=O)[O-]. The summed E-state index contributed by atoms with van der Waals surface area (Å²) >= 11 is 0. The highest BCUT2D eigenvalue weighted by molar-refractivity contribution is 5.70. The standard InChI is InChI=1S/C13H13N3O4/c14-8-10-7-11(1-2-12(10)16(19)20)15-5-3-9(4-6-15)13(17)18/h1-2,7,9H,3-6H2,(H,17,18). The molecule has 1 aliphatic rings. The molecule has 7 nitrogen and oxygen atoms in total. The third-order valence-corrected chi connectivity index (χ3v) is 3.51. The maximum Gasteiger partial charge on any atom is 0.306 e. The maximum atomic E-state index is 10.9. The Labute approximate surface area is 115 Å². The molecule has 0 radical (unpaired) electrons. The lowest BCUT2D eigenvalue weighted by molar-refractivity contribution is -0.385. The molecule has 0 saturated carbocycles. The van der Waals surface area contributed by atoms with Gasteiger partial charge in [-0.15, -0.1) is 0 Å². The van der Waals surface area contributed by atoms with Gasteiger partial charge in [-0.05, 0) is 25.0 Å². The van der Waals surface area contributed by atoms with Gasteiger partial charge in [0.15, 0.2) is 0 Å². The fourth-order valence-electron chi connectivity index (χ4n) is 2.35. The number of anilines is 1. The summed E-state index contributed by atoms with van der Waals surface area (Å²) in [7, 11) is 0. The van der Waals surface area contributed by atoms with Crippen LogP contribution in [0.5, 0.6) is 0 Å². The molecule has 1 aromatic carbocycles. The summed E-state index contributed by atoms with van der Waals surface area (Å²) in [5, 5.41) is 28.7. The number of nitro benzene ring substituents is 1. The number of nitriles is 1. The number of benzene rings is 1. The minimum absolute atomic E-state index is 0.0212. The van der Waals surface area contributed by atoms with Gasteiger partial charge in [-0.25, -0.2) is 0 Å². The molecule has 7 heteroatoms. The van der Waals surface area contributed by atoms with Crippen molar-refractivity contribution in [3.05, 3.63) is 33.9 Å². The molecule has 1 heterocycles. The van der Waals surface area contributed by atoms with E-state index in [1.54, 1.807) is 6.07 Å². The molecule has 20 heavy (non-hydrogen) atoms. The zero-order valence-corrected chi connectivity index (χ0v) is 10.7. The number of hydrogen-bond donors (Lipinski definition) is 1. The van der Waals surface area contributed by atoms with Crippen molar-refractivity contribution in [1.82, 2.24) is 0 Å². The monoisotopic (exact) mass is 275 g/mol. The second-order valence-corrected chi connectivity index (χ2v) is 4.67. The maximum absolute atomic E-state index is 10.9. The summed E-state index contributed by atoms with van der Waals surface area (Å²) in [6.45, 7) is 1.14. The van der Waals surface area contributed by atoms with Crippen molar-refractivity contribution in [2.45, 2.75) is 12.8 Å². The molecule has 0 unspecified atom stereocenters. The molecule has 0 amide bonds. The van der Waals surface area contributed by atoms with Gasteiger partial charge in [0.05, 0.1) is 10.8 Å². The molecule has 2 rings (SSSR count). The molecule has 1 aromatic rings. The predicted molar refractivity (Wildman–Crippen MR) is 70.4 cm³/mol. The van der Waals surface area contributed by atoms with Crippen LogP contribution in [0.1, 0.15) is 18.4 Å². The van der Waals surface area contributed by atoms with Crippen LogP contribution >= 0.6 is 0 Å². The first kappa shape index (κ1) is 13.8.